The summed E-state index contributed by atoms with van der Waals surface area (Å²) in [5.41, 5.74) is 2.37. The van der Waals surface area contributed by atoms with Gasteiger partial charge in [-0.15, -0.1) is 0 Å². The van der Waals surface area contributed by atoms with Crippen LogP contribution in [0.25, 0.3) is 11.4 Å². The number of para-hydroxylation sites is 1. The highest BCUT2D eigenvalue weighted by Gasteiger charge is 2.11. The van der Waals surface area contributed by atoms with Gasteiger partial charge in [-0.25, -0.2) is 14.8 Å². The molecule has 2 aromatic heterocycles. The number of hydrogen-bond acceptors (Lipinski definition) is 6. The van der Waals surface area contributed by atoms with Gasteiger partial charge in [0.05, 0.1) is 17.0 Å². The van der Waals surface area contributed by atoms with E-state index in [2.05, 4.69) is 44.2 Å². The topological polar surface area (TPSA) is 91.2 Å². The van der Waals surface area contributed by atoms with Crippen molar-refractivity contribution >= 4 is 17.6 Å². The molecule has 7 nitrogen and oxygen atoms in total. The molecule has 0 unspecified atom stereocenters. The zero-order valence-corrected chi connectivity index (χ0v) is 15.2. The maximum absolute atomic E-state index is 11.1. The smallest absolute Gasteiger partial charge is 0.335 e. The zero-order chi connectivity index (χ0) is 19.2. The highest BCUT2D eigenvalue weighted by Crippen LogP contribution is 2.17. The second-order valence-corrected chi connectivity index (χ2v) is 6.18. The summed E-state index contributed by atoms with van der Waals surface area (Å²) in [5.74, 6) is -0.521. The van der Waals surface area contributed by atoms with E-state index in [0.29, 0.717) is 23.9 Å². The first-order chi connectivity index (χ1) is 13.0. The van der Waals surface area contributed by atoms with E-state index in [9.17, 15) is 4.79 Å². The van der Waals surface area contributed by atoms with Crippen molar-refractivity contribution in [2.45, 2.75) is 13.0 Å². The van der Waals surface area contributed by atoms with Gasteiger partial charge in [-0.1, -0.05) is 18.2 Å². The number of nitrogens with one attached hydrogen (secondary N) is 1. The number of likely N-dealkylation sites (N-methyl/N-ethyl adjacent to an activating group) is 1. The molecular formula is C20H21N5O2. The third-order valence-corrected chi connectivity index (χ3v) is 4.31. The van der Waals surface area contributed by atoms with Crippen molar-refractivity contribution in [2.75, 3.05) is 23.8 Å². The summed E-state index contributed by atoms with van der Waals surface area (Å²) in [6, 6.07) is 15.0. The quantitative estimate of drug-likeness (QED) is 0.666. The number of pyridine rings is 1. The molecule has 0 saturated heterocycles. The molecule has 0 amide bonds. The van der Waals surface area contributed by atoms with Crippen LogP contribution in [-0.2, 0) is 0 Å². The predicted molar refractivity (Wildman–Crippen MR) is 105 cm³/mol. The van der Waals surface area contributed by atoms with E-state index >= 15 is 0 Å². The lowest BCUT2D eigenvalue weighted by molar-refractivity contribution is 0.0697. The Balaban J connectivity index is 1.69. The fourth-order valence-corrected chi connectivity index (χ4v) is 2.58. The number of carboxylic acids is 1. The van der Waals surface area contributed by atoms with Gasteiger partial charge in [0.1, 0.15) is 0 Å². The van der Waals surface area contributed by atoms with Gasteiger partial charge in [-0.3, -0.25) is 4.98 Å². The average Bonchev–Trinajstić information content (AvgIpc) is 2.72. The van der Waals surface area contributed by atoms with E-state index in [1.165, 1.54) is 18.3 Å². The largest absolute Gasteiger partial charge is 0.478 e. The number of hydrogen-bond donors (Lipinski definition) is 2. The molecule has 27 heavy (non-hydrogen) atoms. The summed E-state index contributed by atoms with van der Waals surface area (Å²) >= 11 is 0. The summed E-state index contributed by atoms with van der Waals surface area (Å²) in [4.78, 5) is 26.2. The molecule has 0 aliphatic carbocycles. The molecule has 0 aliphatic rings. The van der Waals surface area contributed by atoms with E-state index in [4.69, 9.17) is 5.11 Å². The molecule has 138 valence electrons. The molecule has 1 aromatic carbocycles. The lowest BCUT2D eigenvalue weighted by Gasteiger charge is -2.27. The van der Waals surface area contributed by atoms with Crippen molar-refractivity contribution in [3.05, 3.63) is 66.5 Å². The van der Waals surface area contributed by atoms with Crippen molar-refractivity contribution in [3.8, 4) is 11.4 Å². The van der Waals surface area contributed by atoms with Crippen molar-refractivity contribution in [1.29, 1.82) is 0 Å². The molecule has 7 heteroatoms. The number of aromatic nitrogens is 3. The second-order valence-electron chi connectivity index (χ2n) is 6.18. The Labute approximate surface area is 157 Å². The van der Waals surface area contributed by atoms with Gasteiger partial charge in [0.2, 0.25) is 5.95 Å². The van der Waals surface area contributed by atoms with Gasteiger partial charge in [0.15, 0.2) is 0 Å². The van der Waals surface area contributed by atoms with Crippen LogP contribution in [0.3, 0.4) is 0 Å². The molecule has 3 rings (SSSR count). The number of benzene rings is 1. The standard InChI is InChI=1S/C20H21N5O2/c1-14(25(2)16-6-4-3-5-7-16)13-23-20-22-11-9-17(24-20)18-12-15(19(26)27)8-10-21-18/h3-12,14H,13H2,1-2H3,(H,26,27)(H,22,23,24)/t14-/m1/s1. The van der Waals surface area contributed by atoms with E-state index in [0.717, 1.165) is 5.69 Å². The van der Waals surface area contributed by atoms with E-state index in [1.54, 1.807) is 12.3 Å². The summed E-state index contributed by atoms with van der Waals surface area (Å²) in [5, 5.41) is 12.4. The van der Waals surface area contributed by atoms with Crippen LogP contribution >= 0.6 is 0 Å². The third-order valence-electron chi connectivity index (χ3n) is 4.31. The fourth-order valence-electron chi connectivity index (χ4n) is 2.58. The van der Waals surface area contributed by atoms with Gasteiger partial charge >= 0.3 is 5.97 Å². The van der Waals surface area contributed by atoms with E-state index < -0.39 is 5.97 Å². The number of carboxylic acid groups (broad SMARTS) is 1. The molecule has 0 fully saturated rings. The SMILES string of the molecule is C[C@H](CNc1nccc(-c2cc(C(=O)O)ccn2)n1)N(C)c1ccccc1. The minimum absolute atomic E-state index is 0.172. The first-order valence-corrected chi connectivity index (χ1v) is 8.59. The fraction of sp³-hybridized carbons (Fsp3) is 0.200. The van der Waals surface area contributed by atoms with Crippen LogP contribution in [0, 0.1) is 0 Å². The Bertz CT molecular complexity index is 917. The van der Waals surface area contributed by atoms with Crippen molar-refractivity contribution in [3.63, 3.8) is 0 Å². The second kappa shape index (κ2) is 8.27. The van der Waals surface area contributed by atoms with Crippen LogP contribution in [0.2, 0.25) is 0 Å². The van der Waals surface area contributed by atoms with Crippen molar-refractivity contribution in [1.82, 2.24) is 15.0 Å². The van der Waals surface area contributed by atoms with Crippen LogP contribution in [-0.4, -0.2) is 45.7 Å². The number of rotatable bonds is 7. The van der Waals surface area contributed by atoms with E-state index in [1.807, 2.05) is 25.2 Å². The Hall–Kier alpha value is -3.48. The Morgan fingerprint density at radius 3 is 2.59 bits per heavy atom. The molecule has 0 aliphatic heterocycles. The van der Waals surface area contributed by atoms with Gasteiger partial charge in [0.25, 0.3) is 0 Å². The lowest BCUT2D eigenvalue weighted by Crippen LogP contribution is -2.35. The molecule has 3 aromatic rings. The van der Waals surface area contributed by atoms with Gasteiger partial charge in [-0.05, 0) is 37.3 Å². The molecule has 0 radical (unpaired) electrons. The van der Waals surface area contributed by atoms with Crippen LogP contribution < -0.4 is 10.2 Å². The normalized spacial score (nSPS) is 11.6. The number of carbonyl (C=O) groups is 1. The number of anilines is 2. The number of aromatic carboxylic acids is 1. The summed E-state index contributed by atoms with van der Waals surface area (Å²) < 4.78 is 0. The van der Waals surface area contributed by atoms with Crippen molar-refractivity contribution < 1.29 is 9.90 Å². The first-order valence-electron chi connectivity index (χ1n) is 8.59. The Morgan fingerprint density at radius 2 is 1.85 bits per heavy atom. The molecule has 2 N–H and O–H groups in total. The highest BCUT2D eigenvalue weighted by atomic mass is 16.4. The molecule has 0 saturated carbocycles. The summed E-state index contributed by atoms with van der Waals surface area (Å²) in [6.45, 7) is 2.76. The minimum Gasteiger partial charge on any atom is -0.478 e. The van der Waals surface area contributed by atoms with Gasteiger partial charge in [0, 0.05) is 37.7 Å². The summed E-state index contributed by atoms with van der Waals surface area (Å²) in [7, 11) is 2.04. The van der Waals surface area contributed by atoms with Crippen LogP contribution in [0.1, 0.15) is 17.3 Å². The van der Waals surface area contributed by atoms with Crippen LogP contribution in [0.4, 0.5) is 11.6 Å². The average molecular weight is 363 g/mol. The zero-order valence-electron chi connectivity index (χ0n) is 15.2. The lowest BCUT2D eigenvalue weighted by atomic mass is 10.2. The molecular weight excluding hydrogens is 342 g/mol. The summed E-state index contributed by atoms with van der Waals surface area (Å²) in [6.07, 6.45) is 3.09. The van der Waals surface area contributed by atoms with Crippen molar-refractivity contribution in [2.24, 2.45) is 0 Å². The highest BCUT2D eigenvalue weighted by molar-refractivity contribution is 5.88. The molecule has 1 atom stereocenters. The minimum atomic E-state index is -0.996. The third kappa shape index (κ3) is 4.58. The molecule has 0 spiro atoms. The number of nitrogens with zero attached hydrogens (tertiary/aromatic N) is 4. The predicted octanol–water partition coefficient (Wildman–Crippen LogP) is 3.17. The maximum Gasteiger partial charge on any atom is 0.335 e. The molecule has 2 heterocycles. The molecule has 0 bridgehead atoms. The maximum atomic E-state index is 11.1. The first kappa shape index (κ1) is 18.3. The van der Waals surface area contributed by atoms with E-state index in [-0.39, 0.29) is 11.6 Å². The Morgan fingerprint density at radius 1 is 1.11 bits per heavy atom. The van der Waals surface area contributed by atoms with Crippen LogP contribution in [0.5, 0.6) is 0 Å². The van der Waals surface area contributed by atoms with Gasteiger partial charge in [-0.2, -0.15) is 0 Å². The van der Waals surface area contributed by atoms with Gasteiger partial charge < -0.3 is 15.3 Å². The Kier molecular flexibility index (Phi) is 5.61. The monoisotopic (exact) mass is 363 g/mol. The van der Waals surface area contributed by atoms with Crippen LogP contribution in [0.15, 0.2) is 60.9 Å².